The van der Waals surface area contributed by atoms with Crippen LogP contribution in [0.2, 0.25) is 0 Å². The van der Waals surface area contributed by atoms with Crippen molar-refractivity contribution >= 4 is 72.1 Å². The zero-order valence-electron chi connectivity index (χ0n) is 30.3. The van der Waals surface area contributed by atoms with Gasteiger partial charge in [0, 0.05) is 24.0 Å². The number of fused-ring (bicyclic) bond motifs is 2. The van der Waals surface area contributed by atoms with E-state index < -0.39 is 76.4 Å². The fourth-order valence-electron chi connectivity index (χ4n) is 6.54. The lowest BCUT2D eigenvalue weighted by atomic mass is 10.2. The van der Waals surface area contributed by atoms with Gasteiger partial charge in [-0.05, 0) is 36.1 Å². The van der Waals surface area contributed by atoms with Gasteiger partial charge in [0.05, 0.1) is 32.0 Å². The van der Waals surface area contributed by atoms with Crippen molar-refractivity contribution in [3.63, 3.8) is 0 Å². The Labute approximate surface area is 338 Å². The molecule has 22 nitrogen and oxygen atoms in total. The summed E-state index contributed by atoms with van der Waals surface area (Å²) in [6, 6.07) is 17.0. The van der Waals surface area contributed by atoms with Crippen LogP contribution in [0.3, 0.4) is 0 Å². The molecule has 6 N–H and O–H groups in total. The third-order valence-corrected chi connectivity index (χ3v) is 12.9. The largest absolute Gasteiger partial charge is 0.479 e. The molecule has 2 amide bonds. The molecule has 2 unspecified atom stereocenters. The molecule has 0 radical (unpaired) electrons. The first kappa shape index (κ1) is 40.8. The van der Waals surface area contributed by atoms with Crippen LogP contribution >= 0.6 is 14.5 Å². The first-order valence-corrected chi connectivity index (χ1v) is 21.8. The first-order chi connectivity index (χ1) is 28.4. The quantitative estimate of drug-likeness (QED) is 0.0858. The van der Waals surface area contributed by atoms with Crippen LogP contribution in [0.4, 0.5) is 11.6 Å². The van der Waals surface area contributed by atoms with Gasteiger partial charge in [-0.25, -0.2) is 38.8 Å². The maximum Gasteiger partial charge on any atom is 0.479 e. The van der Waals surface area contributed by atoms with Crippen molar-refractivity contribution in [2.75, 3.05) is 23.8 Å². The van der Waals surface area contributed by atoms with Crippen molar-refractivity contribution in [2.24, 2.45) is 0 Å². The number of phosphoric acid groups is 1. The van der Waals surface area contributed by atoms with Gasteiger partial charge in [-0.3, -0.25) is 23.2 Å². The number of carbonyl (C=O) groups excluding carboxylic acids is 2. The molecule has 2 fully saturated rings. The molecule has 0 spiro atoms. The molecular formula is C34H34N10O12P2S. The fourth-order valence-corrected chi connectivity index (χ4v) is 9.77. The number of carbonyl (C=O) groups is 2. The monoisotopic (exact) mass is 868 g/mol. The highest BCUT2D eigenvalue weighted by atomic mass is 32.5. The number of anilines is 2. The van der Waals surface area contributed by atoms with Crippen LogP contribution < -0.4 is 10.6 Å². The number of nitrogens with one attached hydrogen (secondary N) is 2. The highest BCUT2D eigenvalue weighted by Crippen LogP contribution is 2.62. The summed E-state index contributed by atoms with van der Waals surface area (Å²) < 4.78 is 43.6. The molecular weight excluding hydrogens is 834 g/mol. The Morgan fingerprint density at radius 3 is 1.81 bits per heavy atom. The molecule has 0 bridgehead atoms. The topological polar surface area (TPSA) is 290 Å². The van der Waals surface area contributed by atoms with E-state index in [0.29, 0.717) is 16.8 Å². The summed E-state index contributed by atoms with van der Waals surface area (Å²) in [5, 5.41) is 26.3. The lowest BCUT2D eigenvalue weighted by Gasteiger charge is -2.24. The Morgan fingerprint density at radius 1 is 0.780 bits per heavy atom. The lowest BCUT2D eigenvalue weighted by Crippen LogP contribution is -2.27. The molecule has 6 heterocycles. The highest BCUT2D eigenvalue weighted by molar-refractivity contribution is 8.08. The number of aliphatic hydroxyl groups excluding tert-OH is 2. The van der Waals surface area contributed by atoms with Crippen LogP contribution in [0.1, 0.15) is 46.0 Å². The van der Waals surface area contributed by atoms with E-state index in [2.05, 4.69) is 40.5 Å². The summed E-state index contributed by atoms with van der Waals surface area (Å²) in [6.07, 6.45) is -1.25. The molecule has 6 aromatic rings. The Hall–Kier alpha value is -5.00. The lowest BCUT2D eigenvalue weighted by molar-refractivity contribution is -0.0442. The van der Waals surface area contributed by atoms with Gasteiger partial charge in [-0.1, -0.05) is 36.4 Å². The third kappa shape index (κ3) is 8.97. The number of phosphoric ester groups is 1. The zero-order valence-corrected chi connectivity index (χ0v) is 32.9. The molecule has 2 aromatic carbocycles. The van der Waals surface area contributed by atoms with Crippen LogP contribution in [-0.4, -0.2) is 108 Å². The van der Waals surface area contributed by atoms with Crippen molar-refractivity contribution in [1.29, 1.82) is 0 Å². The molecule has 2 aliphatic rings. The van der Waals surface area contributed by atoms with E-state index in [4.69, 9.17) is 34.6 Å². The van der Waals surface area contributed by atoms with E-state index in [0.717, 1.165) is 0 Å². The Kier molecular flexibility index (Phi) is 11.7. The standard InChI is InChI=1S/C34H34N10O12P2S/c45-13-23-22(12-26(53-23)44-18-40-28-30(36-16-38-32(28)44)42-34(48)20-9-5-2-6-10-20)55-57(49,50)56-58(51,59)52-14-24-21(46)11-25(54-24)43-17-39-27-29(35-15-37-31(27)43)41-33(47)19-7-3-1-4-8-19/h1-10,15-18,21-26,45-46H,11-14H2,(H,49,50)(H,51,59)(H,35,37,41,47)(H,36,38,42,48)/t21-,22-,23+,24+,25+,26+,58?/m0/s1. The molecule has 308 valence electrons. The van der Waals surface area contributed by atoms with E-state index >= 15 is 0 Å². The summed E-state index contributed by atoms with van der Waals surface area (Å²) in [5.74, 6) is -0.537. The number of rotatable bonds is 14. The average Bonchev–Trinajstić information content (AvgIpc) is 4.02. The number of aliphatic hydroxyl groups is 2. The van der Waals surface area contributed by atoms with Crippen molar-refractivity contribution in [3.8, 4) is 0 Å². The van der Waals surface area contributed by atoms with Crippen LogP contribution in [-0.2, 0) is 39.2 Å². The summed E-state index contributed by atoms with van der Waals surface area (Å²) in [6.45, 7) is -5.71. The highest BCUT2D eigenvalue weighted by Gasteiger charge is 2.44. The van der Waals surface area contributed by atoms with Gasteiger partial charge < -0.3 is 44.6 Å². The number of nitrogens with zero attached hydrogens (tertiary/aromatic N) is 8. The van der Waals surface area contributed by atoms with Crippen LogP contribution in [0.5, 0.6) is 0 Å². The summed E-state index contributed by atoms with van der Waals surface area (Å²) >= 11 is 5.00. The van der Waals surface area contributed by atoms with Crippen LogP contribution in [0.25, 0.3) is 22.3 Å². The summed E-state index contributed by atoms with van der Waals surface area (Å²) in [5.41, 5.74) is 1.85. The molecule has 59 heavy (non-hydrogen) atoms. The average molecular weight is 869 g/mol. The fraction of sp³-hybridized carbons (Fsp3) is 0.294. The van der Waals surface area contributed by atoms with Crippen LogP contribution in [0, 0.1) is 0 Å². The van der Waals surface area contributed by atoms with Gasteiger partial charge in [0.2, 0.25) is 0 Å². The van der Waals surface area contributed by atoms with Gasteiger partial charge in [-0.15, -0.1) is 0 Å². The van der Waals surface area contributed by atoms with E-state index in [1.165, 1.54) is 34.4 Å². The van der Waals surface area contributed by atoms with E-state index in [1.54, 1.807) is 60.7 Å². The predicted octanol–water partition coefficient (Wildman–Crippen LogP) is 2.83. The number of amides is 2. The zero-order chi connectivity index (χ0) is 41.3. The Morgan fingerprint density at radius 2 is 1.29 bits per heavy atom. The molecule has 8 atom stereocenters. The van der Waals surface area contributed by atoms with Crippen molar-refractivity contribution in [2.45, 2.75) is 49.7 Å². The van der Waals surface area contributed by atoms with Gasteiger partial charge in [-0.2, -0.15) is 0 Å². The second kappa shape index (κ2) is 16.9. The van der Waals surface area contributed by atoms with Gasteiger partial charge >= 0.3 is 14.5 Å². The van der Waals surface area contributed by atoms with Crippen molar-refractivity contribution in [3.05, 3.63) is 97.1 Å². The number of hydrogen-bond donors (Lipinski definition) is 6. The molecule has 2 saturated heterocycles. The molecule has 4 aromatic heterocycles. The van der Waals surface area contributed by atoms with E-state index in [1.807, 2.05) is 0 Å². The van der Waals surface area contributed by atoms with Gasteiger partial charge in [0.15, 0.2) is 34.0 Å². The van der Waals surface area contributed by atoms with E-state index in [-0.39, 0.29) is 41.2 Å². The minimum absolute atomic E-state index is 0.0270. The minimum Gasteiger partial charge on any atom is -0.394 e. The number of imidazole rings is 2. The number of ether oxygens (including phenoxy) is 2. The van der Waals surface area contributed by atoms with Crippen LogP contribution in [0.15, 0.2) is 86.0 Å². The minimum atomic E-state index is -5.19. The Bertz CT molecular complexity index is 2590. The smallest absolute Gasteiger partial charge is 0.394 e. The van der Waals surface area contributed by atoms with Gasteiger partial charge in [0.25, 0.3) is 11.8 Å². The molecule has 0 saturated carbocycles. The number of hydrogen-bond acceptors (Lipinski definition) is 17. The van der Waals surface area contributed by atoms with Gasteiger partial charge in [0.1, 0.15) is 43.4 Å². The second-order valence-corrected chi connectivity index (χ2v) is 17.6. The molecule has 8 rings (SSSR count). The summed E-state index contributed by atoms with van der Waals surface area (Å²) in [7, 11) is -5.19. The molecule has 2 aliphatic heterocycles. The number of benzene rings is 2. The maximum absolute atomic E-state index is 13.2. The molecule has 0 aliphatic carbocycles. The van der Waals surface area contributed by atoms with E-state index in [9.17, 15) is 34.2 Å². The SMILES string of the molecule is O=C(Nc1ncnc2c1ncn2[C@H]1C[C@H](OP(=O)(O)OP(O)(=S)OC[C@H]2O[C@@H](n3cnc4c(NC(=O)c5ccccc5)ncnc43)C[C@@H]2O)[C@@H](CO)O1)c1ccccc1. The predicted molar refractivity (Wildman–Crippen MR) is 208 cm³/mol. The summed E-state index contributed by atoms with van der Waals surface area (Å²) in [4.78, 5) is 72.4. The first-order valence-electron chi connectivity index (χ1n) is 17.8. The number of aromatic nitrogens is 8. The third-order valence-electron chi connectivity index (χ3n) is 9.32. The molecule has 25 heteroatoms. The van der Waals surface area contributed by atoms with Crippen molar-refractivity contribution < 1.29 is 57.0 Å². The maximum atomic E-state index is 13.2. The Balaban J connectivity index is 0.873. The van der Waals surface area contributed by atoms with Crippen molar-refractivity contribution in [1.82, 2.24) is 39.0 Å². The normalized spacial score (nSPS) is 23.9. The second-order valence-electron chi connectivity index (χ2n) is 13.2.